The summed E-state index contributed by atoms with van der Waals surface area (Å²) < 4.78 is 27.8. The third-order valence-electron chi connectivity index (χ3n) is 4.05. The summed E-state index contributed by atoms with van der Waals surface area (Å²) in [5.74, 6) is -0.255. The smallest absolute Gasteiger partial charge is 0.321 e. The summed E-state index contributed by atoms with van der Waals surface area (Å²) >= 11 is 1.02. The van der Waals surface area contributed by atoms with Crippen molar-refractivity contribution in [1.82, 2.24) is 9.55 Å². The lowest BCUT2D eigenvalue weighted by Crippen LogP contribution is -2.23. The zero-order chi connectivity index (χ0) is 18.8. The molecule has 136 valence electrons. The summed E-state index contributed by atoms with van der Waals surface area (Å²) in [6, 6.07) is 12.4. The number of aryl methyl sites for hydroxylation is 2. The van der Waals surface area contributed by atoms with E-state index < -0.39 is 11.8 Å². The summed E-state index contributed by atoms with van der Waals surface area (Å²) in [6.45, 7) is 2.85. The molecule has 0 bridgehead atoms. The average molecular weight is 375 g/mol. The number of nitrogens with one attached hydrogen (secondary N) is 1. The molecular weight excluding hydrogens is 356 g/mol. The second-order valence-corrected chi connectivity index (χ2v) is 7.41. The number of halogens is 2. The first-order valence-corrected chi connectivity index (χ1v) is 9.04. The van der Waals surface area contributed by atoms with Crippen molar-refractivity contribution in [2.75, 3.05) is 5.32 Å². The van der Waals surface area contributed by atoms with E-state index in [1.807, 2.05) is 32.0 Å². The molecule has 0 fully saturated rings. The van der Waals surface area contributed by atoms with Crippen molar-refractivity contribution in [1.29, 1.82) is 0 Å². The number of nitrogens with zero attached hydrogens (tertiary/aromatic N) is 2. The number of alkyl halides is 2. The number of hydrogen-bond acceptors (Lipinski definition) is 3. The molecule has 0 saturated carbocycles. The van der Waals surface area contributed by atoms with Gasteiger partial charge in [0.2, 0.25) is 5.91 Å². The molecule has 7 heteroatoms. The molecule has 1 heterocycles. The van der Waals surface area contributed by atoms with E-state index in [9.17, 15) is 13.6 Å². The fraction of sp³-hybridized carbons (Fsp3) is 0.263. The van der Waals surface area contributed by atoms with Crippen molar-refractivity contribution in [2.24, 2.45) is 0 Å². The molecule has 1 unspecified atom stereocenters. The van der Waals surface area contributed by atoms with Crippen molar-refractivity contribution in [3.05, 3.63) is 53.6 Å². The number of amides is 1. The van der Waals surface area contributed by atoms with Gasteiger partial charge in [-0.1, -0.05) is 41.6 Å². The molecule has 0 radical (unpaired) electrons. The van der Waals surface area contributed by atoms with Gasteiger partial charge in [0.1, 0.15) is 0 Å². The van der Waals surface area contributed by atoms with E-state index in [1.54, 1.807) is 31.2 Å². The van der Waals surface area contributed by atoms with Crippen molar-refractivity contribution < 1.29 is 13.6 Å². The Morgan fingerprint density at radius 3 is 2.62 bits per heavy atom. The zero-order valence-electron chi connectivity index (χ0n) is 14.7. The molecule has 2 aromatic carbocycles. The molecule has 1 amide bonds. The molecule has 0 saturated heterocycles. The van der Waals surface area contributed by atoms with Gasteiger partial charge in [-0.2, -0.15) is 8.78 Å². The van der Waals surface area contributed by atoms with Crippen molar-refractivity contribution in [2.45, 2.75) is 37.7 Å². The molecule has 4 nitrogen and oxygen atoms in total. The van der Waals surface area contributed by atoms with Gasteiger partial charge in [0.05, 0.1) is 16.3 Å². The molecule has 1 N–H and O–H groups in total. The first kappa shape index (κ1) is 18.4. The van der Waals surface area contributed by atoms with E-state index in [4.69, 9.17) is 0 Å². The first-order valence-electron chi connectivity index (χ1n) is 8.16. The summed E-state index contributed by atoms with van der Waals surface area (Å²) in [7, 11) is 0. The number of fused-ring (bicyclic) bond motifs is 1. The lowest BCUT2D eigenvalue weighted by atomic mass is 10.1. The Hall–Kier alpha value is -2.41. The zero-order valence-corrected chi connectivity index (χ0v) is 15.5. The SMILES string of the molecule is Cc1ccc(NC(=O)C(C)Sc2nc3ccccc3n2C(F)F)c(C)c1. The molecule has 3 rings (SSSR count). The van der Waals surface area contributed by atoms with E-state index >= 15 is 0 Å². The van der Waals surface area contributed by atoms with Crippen LogP contribution in [0.3, 0.4) is 0 Å². The van der Waals surface area contributed by atoms with Gasteiger partial charge in [-0.3, -0.25) is 9.36 Å². The lowest BCUT2D eigenvalue weighted by molar-refractivity contribution is -0.115. The number of para-hydroxylation sites is 2. The van der Waals surface area contributed by atoms with Crippen LogP contribution in [-0.4, -0.2) is 20.7 Å². The van der Waals surface area contributed by atoms with Crippen LogP contribution < -0.4 is 5.32 Å². The molecule has 1 atom stereocenters. The summed E-state index contributed by atoms with van der Waals surface area (Å²) in [5, 5.41) is 2.41. The summed E-state index contributed by atoms with van der Waals surface area (Å²) in [6.07, 6.45) is 0. The fourth-order valence-corrected chi connectivity index (χ4v) is 3.62. The number of benzene rings is 2. The van der Waals surface area contributed by atoms with Crippen LogP contribution in [0.4, 0.5) is 14.5 Å². The van der Waals surface area contributed by atoms with Gasteiger partial charge < -0.3 is 5.32 Å². The third kappa shape index (κ3) is 3.72. The van der Waals surface area contributed by atoms with Crippen molar-refractivity contribution in [3.63, 3.8) is 0 Å². The van der Waals surface area contributed by atoms with Gasteiger partial charge in [0.25, 0.3) is 0 Å². The van der Waals surface area contributed by atoms with Gasteiger partial charge in [0.15, 0.2) is 5.16 Å². The predicted octanol–water partition coefficient (Wildman–Crippen LogP) is 5.17. The predicted molar refractivity (Wildman–Crippen MR) is 101 cm³/mol. The maximum Gasteiger partial charge on any atom is 0.321 e. The van der Waals surface area contributed by atoms with Crippen LogP contribution in [-0.2, 0) is 4.79 Å². The number of carbonyl (C=O) groups excluding carboxylic acids is 1. The number of rotatable bonds is 5. The highest BCUT2D eigenvalue weighted by atomic mass is 32.2. The Bertz CT molecular complexity index is 955. The van der Waals surface area contributed by atoms with Gasteiger partial charge in [-0.15, -0.1) is 0 Å². The van der Waals surface area contributed by atoms with Gasteiger partial charge in [-0.25, -0.2) is 4.98 Å². The van der Waals surface area contributed by atoms with Crippen LogP contribution in [0, 0.1) is 13.8 Å². The van der Waals surface area contributed by atoms with Crippen LogP contribution in [0.2, 0.25) is 0 Å². The minimum absolute atomic E-state index is 0.129. The molecule has 1 aromatic heterocycles. The van der Waals surface area contributed by atoms with Gasteiger partial charge in [-0.05, 0) is 44.5 Å². The maximum atomic E-state index is 13.5. The second kappa shape index (κ2) is 7.45. The van der Waals surface area contributed by atoms with Crippen LogP contribution in [0.25, 0.3) is 11.0 Å². The number of hydrogen-bond donors (Lipinski definition) is 1. The van der Waals surface area contributed by atoms with Gasteiger partial charge in [0, 0.05) is 5.69 Å². The molecular formula is C19H19F2N3OS. The minimum atomic E-state index is -2.72. The van der Waals surface area contributed by atoms with Crippen molar-refractivity contribution >= 4 is 34.4 Å². The highest BCUT2D eigenvalue weighted by molar-refractivity contribution is 8.00. The van der Waals surface area contributed by atoms with E-state index in [0.29, 0.717) is 11.0 Å². The number of anilines is 1. The lowest BCUT2D eigenvalue weighted by Gasteiger charge is -2.14. The monoisotopic (exact) mass is 375 g/mol. The highest BCUT2D eigenvalue weighted by Gasteiger charge is 2.23. The Labute approximate surface area is 154 Å². The Kier molecular flexibility index (Phi) is 5.27. The average Bonchev–Trinajstić information content (AvgIpc) is 2.95. The molecule has 26 heavy (non-hydrogen) atoms. The standard InChI is InChI=1S/C19H19F2N3OS/c1-11-8-9-14(12(2)10-11)22-17(25)13(3)26-19-23-15-6-4-5-7-16(15)24(19)18(20)21/h4-10,13,18H,1-3H3,(H,22,25). The minimum Gasteiger partial charge on any atom is -0.325 e. The summed E-state index contributed by atoms with van der Waals surface area (Å²) in [5.41, 5.74) is 3.61. The largest absolute Gasteiger partial charge is 0.325 e. The highest BCUT2D eigenvalue weighted by Crippen LogP contribution is 2.32. The van der Waals surface area contributed by atoms with E-state index in [-0.39, 0.29) is 11.1 Å². The Morgan fingerprint density at radius 2 is 1.92 bits per heavy atom. The van der Waals surface area contributed by atoms with E-state index in [0.717, 1.165) is 33.1 Å². The number of thioether (sulfide) groups is 1. The normalized spacial score (nSPS) is 12.5. The third-order valence-corrected chi connectivity index (χ3v) is 5.12. The Balaban J connectivity index is 1.81. The topological polar surface area (TPSA) is 46.9 Å². The van der Waals surface area contributed by atoms with Crippen LogP contribution >= 0.6 is 11.8 Å². The maximum absolute atomic E-state index is 13.5. The van der Waals surface area contributed by atoms with E-state index in [1.165, 1.54) is 0 Å². The van der Waals surface area contributed by atoms with E-state index in [2.05, 4.69) is 10.3 Å². The first-order chi connectivity index (χ1) is 12.4. The quantitative estimate of drug-likeness (QED) is 0.626. The molecule has 3 aromatic rings. The Morgan fingerprint density at radius 1 is 1.19 bits per heavy atom. The van der Waals surface area contributed by atoms with Crippen LogP contribution in [0.15, 0.2) is 47.6 Å². The fourth-order valence-electron chi connectivity index (χ4n) is 2.69. The molecule has 0 aliphatic rings. The molecule has 0 aliphatic carbocycles. The number of aromatic nitrogens is 2. The number of carbonyl (C=O) groups is 1. The molecule has 0 spiro atoms. The van der Waals surface area contributed by atoms with Crippen molar-refractivity contribution in [3.8, 4) is 0 Å². The van der Waals surface area contributed by atoms with Gasteiger partial charge >= 0.3 is 6.55 Å². The molecule has 0 aliphatic heterocycles. The number of imidazole rings is 1. The second-order valence-electron chi connectivity index (χ2n) is 6.10. The summed E-state index contributed by atoms with van der Waals surface area (Å²) in [4.78, 5) is 16.8. The van der Waals surface area contributed by atoms with Crippen LogP contribution in [0.5, 0.6) is 0 Å². The van der Waals surface area contributed by atoms with Crippen LogP contribution in [0.1, 0.15) is 24.6 Å².